The Bertz CT molecular complexity index is 1110. The Morgan fingerprint density at radius 2 is 2.08 bits per heavy atom. The molecule has 0 spiro atoms. The van der Waals surface area contributed by atoms with Gasteiger partial charge in [0.25, 0.3) is 5.91 Å². The highest BCUT2D eigenvalue weighted by Gasteiger charge is 2.16. The van der Waals surface area contributed by atoms with Gasteiger partial charge < -0.3 is 10.1 Å². The summed E-state index contributed by atoms with van der Waals surface area (Å²) in [5.74, 6) is 1.02. The van der Waals surface area contributed by atoms with Gasteiger partial charge in [0.1, 0.15) is 11.6 Å². The van der Waals surface area contributed by atoms with Crippen LogP contribution in [0.1, 0.15) is 16.2 Å². The maximum Gasteiger partial charge on any atom is 0.277 e. The molecule has 0 bridgehead atoms. The van der Waals surface area contributed by atoms with Crippen LogP contribution in [0, 0.1) is 6.92 Å². The minimum absolute atomic E-state index is 0.297. The first kappa shape index (κ1) is 16.3. The maximum atomic E-state index is 12.4. The monoisotopic (exact) mass is 368 g/mol. The lowest BCUT2D eigenvalue weighted by molar-refractivity contribution is 0.102. The number of rotatable bonds is 4. The number of carbonyl (C=O) groups excluding carboxylic acids is 1. The maximum absolute atomic E-state index is 12.4. The highest BCUT2D eigenvalue weighted by atomic mass is 32.1. The summed E-state index contributed by atoms with van der Waals surface area (Å²) in [5.41, 5.74) is 1.96. The Morgan fingerprint density at radius 1 is 1.23 bits per heavy atom. The number of aromatic nitrogens is 5. The van der Waals surface area contributed by atoms with Gasteiger partial charge in [-0.05, 0) is 31.2 Å². The first-order chi connectivity index (χ1) is 12.5. The lowest BCUT2D eigenvalue weighted by Crippen LogP contribution is -2.16. The highest BCUT2D eigenvalue weighted by Crippen LogP contribution is 2.30. The van der Waals surface area contributed by atoms with Crippen molar-refractivity contribution >= 4 is 33.3 Å². The summed E-state index contributed by atoms with van der Waals surface area (Å²) in [6.07, 6.45) is 1.72. The summed E-state index contributed by atoms with van der Waals surface area (Å²) in [7, 11) is 3.39. The van der Waals surface area contributed by atoms with E-state index >= 15 is 0 Å². The second kappa shape index (κ2) is 6.26. The molecule has 3 heterocycles. The Labute approximate surface area is 153 Å². The lowest BCUT2D eigenvalue weighted by atomic mass is 10.3. The molecule has 0 fully saturated rings. The van der Waals surface area contributed by atoms with Crippen LogP contribution in [0.4, 0.5) is 5.82 Å². The number of thiazole rings is 1. The van der Waals surface area contributed by atoms with Gasteiger partial charge in [-0.25, -0.2) is 4.98 Å². The molecule has 9 heteroatoms. The number of nitrogens with one attached hydrogen (secondary N) is 1. The van der Waals surface area contributed by atoms with Gasteiger partial charge in [0.05, 0.1) is 23.0 Å². The van der Waals surface area contributed by atoms with Crippen molar-refractivity contribution in [2.45, 2.75) is 6.92 Å². The Balaban J connectivity index is 1.70. The van der Waals surface area contributed by atoms with Crippen LogP contribution in [0.25, 0.3) is 15.3 Å². The van der Waals surface area contributed by atoms with Crippen LogP contribution in [0.15, 0.2) is 36.5 Å². The second-order valence-corrected chi connectivity index (χ2v) is 6.75. The van der Waals surface area contributed by atoms with Gasteiger partial charge in [-0.3, -0.25) is 9.48 Å². The summed E-state index contributed by atoms with van der Waals surface area (Å²) >= 11 is 1.47. The molecule has 0 radical (unpaired) electrons. The van der Waals surface area contributed by atoms with Gasteiger partial charge in [0, 0.05) is 19.3 Å². The minimum Gasteiger partial charge on any atom is -0.497 e. The van der Waals surface area contributed by atoms with E-state index in [0.717, 1.165) is 21.7 Å². The van der Waals surface area contributed by atoms with E-state index in [1.54, 1.807) is 41.9 Å². The molecule has 4 aromatic rings. The largest absolute Gasteiger partial charge is 0.497 e. The molecule has 1 amide bonds. The molecule has 0 saturated carbocycles. The Kier molecular flexibility index (Phi) is 3.92. The first-order valence-corrected chi connectivity index (χ1v) is 8.68. The van der Waals surface area contributed by atoms with Crippen LogP contribution in [0.2, 0.25) is 0 Å². The SMILES string of the molecule is COc1ccc2nc(-n3nc(C)cc3NC(=O)c3ccn(C)n3)sc2c1. The van der Waals surface area contributed by atoms with E-state index in [-0.39, 0.29) is 5.91 Å². The predicted molar refractivity (Wildman–Crippen MR) is 99.2 cm³/mol. The fourth-order valence-electron chi connectivity index (χ4n) is 2.56. The summed E-state index contributed by atoms with van der Waals surface area (Å²) < 4.78 is 9.45. The van der Waals surface area contributed by atoms with Crippen LogP contribution >= 0.6 is 11.3 Å². The molecular weight excluding hydrogens is 352 g/mol. The van der Waals surface area contributed by atoms with E-state index in [9.17, 15) is 4.79 Å². The minimum atomic E-state index is -0.297. The van der Waals surface area contributed by atoms with Gasteiger partial charge in [0.15, 0.2) is 5.69 Å². The van der Waals surface area contributed by atoms with Crippen molar-refractivity contribution in [3.8, 4) is 10.9 Å². The van der Waals surface area contributed by atoms with Crippen molar-refractivity contribution in [2.75, 3.05) is 12.4 Å². The summed E-state index contributed by atoms with van der Waals surface area (Å²) in [4.78, 5) is 17.0. The normalized spacial score (nSPS) is 11.0. The molecule has 4 rings (SSSR count). The van der Waals surface area contributed by atoms with Crippen molar-refractivity contribution in [1.82, 2.24) is 24.5 Å². The molecule has 0 aliphatic rings. The number of ether oxygens (including phenoxy) is 1. The molecule has 1 aromatic carbocycles. The molecule has 26 heavy (non-hydrogen) atoms. The Morgan fingerprint density at radius 3 is 2.81 bits per heavy atom. The topological polar surface area (TPSA) is 86.9 Å². The van der Waals surface area contributed by atoms with E-state index in [1.165, 1.54) is 11.3 Å². The number of nitrogens with zero attached hydrogens (tertiary/aromatic N) is 5. The standard InChI is InChI=1S/C17H16N6O2S/c1-10-8-15(19-16(24)13-6-7-22(2)21-13)23(20-10)17-18-12-5-4-11(25-3)9-14(12)26-17/h4-9H,1-3H3,(H,19,24). The predicted octanol–water partition coefficient (Wildman–Crippen LogP) is 2.78. The zero-order valence-corrected chi connectivity index (χ0v) is 15.2. The number of aryl methyl sites for hydroxylation is 2. The molecule has 1 N–H and O–H groups in total. The van der Waals surface area contributed by atoms with Crippen molar-refractivity contribution in [2.24, 2.45) is 7.05 Å². The van der Waals surface area contributed by atoms with Crippen molar-refractivity contribution in [3.05, 3.63) is 47.9 Å². The van der Waals surface area contributed by atoms with Crippen LogP contribution in [0.5, 0.6) is 5.75 Å². The number of anilines is 1. The van der Waals surface area contributed by atoms with Gasteiger partial charge in [0.2, 0.25) is 5.13 Å². The molecule has 0 unspecified atom stereocenters. The van der Waals surface area contributed by atoms with Gasteiger partial charge in [-0.15, -0.1) is 0 Å². The molecule has 8 nitrogen and oxygen atoms in total. The van der Waals surface area contributed by atoms with Crippen LogP contribution < -0.4 is 10.1 Å². The van der Waals surface area contributed by atoms with Crippen molar-refractivity contribution < 1.29 is 9.53 Å². The number of carbonyl (C=O) groups is 1. The molecular formula is C17H16N6O2S. The number of benzene rings is 1. The average Bonchev–Trinajstić information content (AvgIpc) is 3.32. The van der Waals surface area contributed by atoms with E-state index in [0.29, 0.717) is 16.6 Å². The molecule has 3 aromatic heterocycles. The van der Waals surface area contributed by atoms with E-state index in [1.807, 2.05) is 25.1 Å². The number of amides is 1. The number of hydrogen-bond donors (Lipinski definition) is 1. The van der Waals surface area contributed by atoms with E-state index < -0.39 is 0 Å². The molecule has 132 valence electrons. The molecule has 0 saturated heterocycles. The van der Waals surface area contributed by atoms with Crippen LogP contribution in [-0.4, -0.2) is 37.6 Å². The van der Waals surface area contributed by atoms with Crippen molar-refractivity contribution in [3.63, 3.8) is 0 Å². The third-order valence-electron chi connectivity index (χ3n) is 3.78. The zero-order chi connectivity index (χ0) is 18.3. The molecule has 0 aliphatic carbocycles. The highest BCUT2D eigenvalue weighted by molar-refractivity contribution is 7.20. The first-order valence-electron chi connectivity index (χ1n) is 7.86. The second-order valence-electron chi connectivity index (χ2n) is 5.74. The smallest absolute Gasteiger partial charge is 0.277 e. The molecule has 0 atom stereocenters. The number of methoxy groups -OCH3 is 1. The van der Waals surface area contributed by atoms with Crippen LogP contribution in [-0.2, 0) is 7.05 Å². The summed E-state index contributed by atoms with van der Waals surface area (Å²) in [6.45, 7) is 1.86. The van der Waals surface area contributed by atoms with Gasteiger partial charge in [-0.2, -0.15) is 14.9 Å². The third-order valence-corrected chi connectivity index (χ3v) is 4.78. The Hall–Kier alpha value is -3.20. The van der Waals surface area contributed by atoms with Crippen molar-refractivity contribution in [1.29, 1.82) is 0 Å². The number of hydrogen-bond acceptors (Lipinski definition) is 6. The average molecular weight is 368 g/mol. The summed E-state index contributed by atoms with van der Waals surface area (Å²) in [6, 6.07) is 9.15. The molecule has 0 aliphatic heterocycles. The third kappa shape index (κ3) is 2.93. The fraction of sp³-hybridized carbons (Fsp3) is 0.176. The quantitative estimate of drug-likeness (QED) is 0.598. The van der Waals surface area contributed by atoms with Crippen LogP contribution in [0.3, 0.4) is 0 Å². The lowest BCUT2D eigenvalue weighted by Gasteiger charge is -2.04. The summed E-state index contributed by atoms with van der Waals surface area (Å²) in [5, 5.41) is 12.1. The fourth-order valence-corrected chi connectivity index (χ4v) is 3.52. The zero-order valence-electron chi connectivity index (χ0n) is 14.4. The van der Waals surface area contributed by atoms with E-state index in [4.69, 9.17) is 4.74 Å². The van der Waals surface area contributed by atoms with Gasteiger partial charge in [-0.1, -0.05) is 11.3 Å². The van der Waals surface area contributed by atoms with Gasteiger partial charge >= 0.3 is 0 Å². The van der Waals surface area contributed by atoms with E-state index in [2.05, 4.69) is 20.5 Å². The number of fused-ring (bicyclic) bond motifs is 1.